The molecule has 3 aromatic heterocycles. The van der Waals surface area contributed by atoms with Crippen molar-refractivity contribution in [2.24, 2.45) is 7.05 Å². The van der Waals surface area contributed by atoms with Gasteiger partial charge in [0.1, 0.15) is 11.4 Å². The Balaban J connectivity index is 1.89. The first-order valence-corrected chi connectivity index (χ1v) is 10.6. The maximum atomic E-state index is 12.4. The van der Waals surface area contributed by atoms with Gasteiger partial charge in [-0.1, -0.05) is 12.1 Å². The van der Waals surface area contributed by atoms with Crippen LogP contribution < -0.4 is 5.73 Å². The number of aromatic nitrogens is 6. The molecule has 172 valence electrons. The molecule has 0 aliphatic heterocycles. The van der Waals surface area contributed by atoms with Crippen molar-refractivity contribution in [2.75, 3.05) is 12.3 Å². The van der Waals surface area contributed by atoms with Crippen molar-refractivity contribution in [1.82, 2.24) is 29.5 Å². The van der Waals surface area contributed by atoms with E-state index in [1.807, 2.05) is 25.2 Å². The maximum Gasteiger partial charge on any atom is 0.341 e. The molecular formula is C24H24N8O2. The third-order valence-electron chi connectivity index (χ3n) is 5.35. The molecule has 0 fully saturated rings. The summed E-state index contributed by atoms with van der Waals surface area (Å²) in [5.74, 6) is 0.299. The van der Waals surface area contributed by atoms with Crippen LogP contribution in [0.1, 0.15) is 34.2 Å². The highest BCUT2D eigenvalue weighted by molar-refractivity contribution is 5.92. The van der Waals surface area contributed by atoms with E-state index in [2.05, 4.69) is 26.2 Å². The summed E-state index contributed by atoms with van der Waals surface area (Å²) in [7, 11) is 1.84. The molecule has 0 saturated heterocycles. The fourth-order valence-electron chi connectivity index (χ4n) is 3.85. The highest BCUT2D eigenvalue weighted by atomic mass is 16.5. The van der Waals surface area contributed by atoms with Crippen LogP contribution in [0.5, 0.6) is 0 Å². The van der Waals surface area contributed by atoms with Gasteiger partial charge in [0.2, 0.25) is 0 Å². The van der Waals surface area contributed by atoms with Crippen molar-refractivity contribution in [2.45, 2.75) is 20.8 Å². The van der Waals surface area contributed by atoms with E-state index in [-0.39, 0.29) is 6.61 Å². The lowest BCUT2D eigenvalue weighted by Crippen LogP contribution is -2.08. The van der Waals surface area contributed by atoms with Gasteiger partial charge in [0, 0.05) is 30.3 Å². The predicted molar refractivity (Wildman–Crippen MR) is 128 cm³/mol. The van der Waals surface area contributed by atoms with E-state index >= 15 is 0 Å². The van der Waals surface area contributed by atoms with Gasteiger partial charge in [-0.3, -0.25) is 4.68 Å². The van der Waals surface area contributed by atoms with Crippen LogP contribution in [-0.4, -0.2) is 42.1 Å². The first kappa shape index (κ1) is 22.5. The first-order valence-electron chi connectivity index (χ1n) is 10.6. The number of hydrogen-bond acceptors (Lipinski definition) is 7. The second-order valence-electron chi connectivity index (χ2n) is 7.63. The van der Waals surface area contributed by atoms with Crippen molar-refractivity contribution in [1.29, 1.82) is 5.26 Å². The molecule has 4 rings (SSSR count). The van der Waals surface area contributed by atoms with Crippen LogP contribution >= 0.6 is 0 Å². The Labute approximate surface area is 195 Å². The molecule has 0 aliphatic rings. The van der Waals surface area contributed by atoms with E-state index in [4.69, 9.17) is 15.7 Å². The molecule has 3 heterocycles. The lowest BCUT2D eigenvalue weighted by molar-refractivity contribution is 0.0524. The number of hydrogen-bond donors (Lipinski definition) is 2. The number of ether oxygens (including phenoxy) is 1. The number of anilines is 1. The van der Waals surface area contributed by atoms with Crippen molar-refractivity contribution in [3.05, 3.63) is 65.1 Å². The van der Waals surface area contributed by atoms with Crippen molar-refractivity contribution in [3.63, 3.8) is 0 Å². The van der Waals surface area contributed by atoms with Crippen molar-refractivity contribution >= 4 is 22.8 Å². The third kappa shape index (κ3) is 4.06. The largest absolute Gasteiger partial charge is 0.462 e. The smallest absolute Gasteiger partial charge is 0.341 e. The summed E-state index contributed by atoms with van der Waals surface area (Å²) in [6, 6.07) is 12.8. The van der Waals surface area contributed by atoms with Crippen LogP contribution in [0.3, 0.4) is 0 Å². The van der Waals surface area contributed by atoms with Gasteiger partial charge in [-0.25, -0.2) is 14.5 Å². The number of benzene rings is 1. The second kappa shape index (κ2) is 9.07. The molecule has 0 atom stereocenters. The Morgan fingerprint density at radius 3 is 2.62 bits per heavy atom. The molecular weight excluding hydrogens is 432 g/mol. The standard InChI is InChI=1S/C24H24N8O2/c1-5-34-24(33)21-14(2)29-32(15(21)3)20-12-19(26)28-23-18(10-11-27-20)22(31(4)30-23)17-8-6-16(13-25)7-9-17/h6-12H,5,26H2,1-4H3,(H,28,30). The number of aryl methyl sites for hydroxylation is 2. The van der Waals surface area contributed by atoms with Crippen LogP contribution in [0.4, 0.5) is 5.82 Å². The molecule has 0 saturated carbocycles. The minimum atomic E-state index is -0.429. The van der Waals surface area contributed by atoms with E-state index in [1.54, 1.807) is 54.5 Å². The van der Waals surface area contributed by atoms with Gasteiger partial charge in [0.25, 0.3) is 0 Å². The van der Waals surface area contributed by atoms with Crippen LogP contribution in [-0.2, 0) is 11.8 Å². The molecule has 0 spiro atoms. The van der Waals surface area contributed by atoms with Gasteiger partial charge in [0.15, 0.2) is 11.5 Å². The fourth-order valence-corrected chi connectivity index (χ4v) is 3.85. The van der Waals surface area contributed by atoms with Gasteiger partial charge in [-0.2, -0.15) is 15.5 Å². The number of rotatable bonds is 4. The molecule has 1 aromatic carbocycles. The summed E-state index contributed by atoms with van der Waals surface area (Å²) in [5, 5.41) is 18.9. The zero-order valence-corrected chi connectivity index (χ0v) is 19.3. The Kier molecular flexibility index (Phi) is 6.01. The number of aromatic amines is 1. The Hall–Kier alpha value is -4.65. The van der Waals surface area contributed by atoms with E-state index in [9.17, 15) is 4.79 Å². The summed E-state index contributed by atoms with van der Waals surface area (Å²) >= 11 is 0. The molecule has 3 N–H and O–H groups in total. The number of nitriles is 1. The van der Waals surface area contributed by atoms with Crippen LogP contribution in [0.2, 0.25) is 0 Å². The average molecular weight is 457 g/mol. The molecule has 0 aliphatic carbocycles. The average Bonchev–Trinajstić information content (AvgIpc) is 3.29. The van der Waals surface area contributed by atoms with Gasteiger partial charge >= 0.3 is 5.97 Å². The summed E-state index contributed by atoms with van der Waals surface area (Å²) in [4.78, 5) is 20.1. The number of esters is 1. The SMILES string of the molecule is CCOC(=O)c1c(C)nn(-c2cc(N)[nH]c3nn(C)c(-c4ccc(C#N)cc4)c3ccn2)c1C. The van der Waals surface area contributed by atoms with Crippen LogP contribution in [0.15, 0.2) is 42.6 Å². The highest BCUT2D eigenvalue weighted by Crippen LogP contribution is 2.27. The van der Waals surface area contributed by atoms with E-state index < -0.39 is 5.97 Å². The molecule has 10 heteroatoms. The Bertz CT molecular complexity index is 1480. The summed E-state index contributed by atoms with van der Waals surface area (Å²) < 4.78 is 8.47. The number of nitrogens with zero attached hydrogens (tertiary/aromatic N) is 6. The second-order valence-corrected chi connectivity index (χ2v) is 7.63. The normalized spacial score (nSPS) is 10.7. The minimum absolute atomic E-state index is 0.274. The molecule has 0 bridgehead atoms. The number of nitrogens with two attached hydrogens (primary N) is 1. The summed E-state index contributed by atoms with van der Waals surface area (Å²) in [6.07, 6.45) is 1.64. The number of carbonyl (C=O) groups is 1. The number of H-pyrrole nitrogens is 1. The maximum absolute atomic E-state index is 12.4. The molecule has 34 heavy (non-hydrogen) atoms. The molecule has 0 radical (unpaired) electrons. The van der Waals surface area contributed by atoms with Crippen LogP contribution in [0.25, 0.3) is 28.1 Å². The summed E-state index contributed by atoms with van der Waals surface area (Å²) in [6.45, 7) is 5.56. The zero-order valence-electron chi connectivity index (χ0n) is 19.3. The zero-order chi connectivity index (χ0) is 24.4. The quantitative estimate of drug-likeness (QED) is 0.448. The number of carbonyl (C=O) groups excluding carboxylic acids is 1. The molecule has 0 amide bonds. The molecule has 4 aromatic rings. The lowest BCUT2D eigenvalue weighted by atomic mass is 10.1. The molecule has 0 unspecified atom stereocenters. The van der Waals surface area contributed by atoms with Crippen molar-refractivity contribution in [3.8, 4) is 23.1 Å². The van der Waals surface area contributed by atoms with Gasteiger partial charge in [-0.15, -0.1) is 0 Å². The monoisotopic (exact) mass is 456 g/mol. The van der Waals surface area contributed by atoms with Gasteiger partial charge in [0.05, 0.1) is 35.3 Å². The fraction of sp³-hybridized carbons (Fsp3) is 0.208. The predicted octanol–water partition coefficient (Wildman–Crippen LogP) is 3.52. The Morgan fingerprint density at radius 1 is 1.21 bits per heavy atom. The summed E-state index contributed by atoms with van der Waals surface area (Å²) in [5.41, 5.74) is 10.7. The van der Waals surface area contributed by atoms with Crippen molar-refractivity contribution < 1.29 is 9.53 Å². The molecule has 10 nitrogen and oxygen atoms in total. The Morgan fingerprint density at radius 2 is 1.94 bits per heavy atom. The third-order valence-corrected chi connectivity index (χ3v) is 5.35. The van der Waals surface area contributed by atoms with E-state index in [1.165, 1.54) is 0 Å². The first-order chi connectivity index (χ1) is 16.3. The van der Waals surface area contributed by atoms with Gasteiger partial charge < -0.3 is 15.5 Å². The van der Waals surface area contributed by atoms with Gasteiger partial charge in [-0.05, 0) is 39.0 Å². The number of nitrogens with one attached hydrogen (secondary N) is 1. The minimum Gasteiger partial charge on any atom is -0.462 e. The highest BCUT2D eigenvalue weighted by Gasteiger charge is 2.21. The lowest BCUT2D eigenvalue weighted by Gasteiger charge is -2.04. The van der Waals surface area contributed by atoms with Crippen LogP contribution in [0, 0.1) is 25.2 Å². The topological polar surface area (TPSA) is 140 Å². The van der Waals surface area contributed by atoms with E-state index in [0.717, 1.165) is 16.6 Å². The number of fused-ring (bicyclic) bond motifs is 1. The number of nitrogen functional groups attached to an aromatic ring is 1. The van der Waals surface area contributed by atoms with E-state index in [0.29, 0.717) is 39.8 Å².